The summed E-state index contributed by atoms with van der Waals surface area (Å²) in [7, 11) is 0. The fourth-order valence-corrected chi connectivity index (χ4v) is 1.92. The summed E-state index contributed by atoms with van der Waals surface area (Å²) in [6.45, 7) is 6.49. The van der Waals surface area contributed by atoms with Gasteiger partial charge in [0, 0.05) is 6.04 Å². The minimum atomic E-state index is -0.962. The normalized spacial score (nSPS) is 12.5. The van der Waals surface area contributed by atoms with Crippen LogP contribution in [0, 0.1) is 5.92 Å². The number of carbonyl (C=O) groups is 1. The van der Waals surface area contributed by atoms with Gasteiger partial charge in [-0.05, 0) is 43.9 Å². The summed E-state index contributed by atoms with van der Waals surface area (Å²) in [5.74, 6) is -0.282. The van der Waals surface area contributed by atoms with Crippen molar-refractivity contribution >= 4 is 23.3 Å². The van der Waals surface area contributed by atoms with Gasteiger partial charge in [0.05, 0.1) is 16.3 Å². The van der Waals surface area contributed by atoms with Crippen LogP contribution in [0.15, 0.2) is 18.2 Å². The topological polar surface area (TPSA) is 49.3 Å². The molecule has 0 saturated carbocycles. The molecule has 0 aliphatic heterocycles. The van der Waals surface area contributed by atoms with Gasteiger partial charge < -0.3 is 10.4 Å². The van der Waals surface area contributed by atoms with Gasteiger partial charge in [-0.3, -0.25) is 0 Å². The molecule has 18 heavy (non-hydrogen) atoms. The van der Waals surface area contributed by atoms with Gasteiger partial charge in [-0.1, -0.05) is 25.4 Å². The fraction of sp³-hybridized carbons (Fsp3) is 0.500. The van der Waals surface area contributed by atoms with Crippen molar-refractivity contribution in [1.29, 1.82) is 0 Å². The third-order valence-corrected chi connectivity index (χ3v) is 3.11. The SMILES string of the molecule is CC(C)CCC(C)Nc1ccc(C(=O)O)cc1Cl. The van der Waals surface area contributed by atoms with Crippen LogP contribution < -0.4 is 5.32 Å². The number of carboxylic acid groups (broad SMARTS) is 1. The van der Waals surface area contributed by atoms with Gasteiger partial charge in [0.15, 0.2) is 0 Å². The summed E-state index contributed by atoms with van der Waals surface area (Å²) >= 11 is 6.05. The van der Waals surface area contributed by atoms with Crippen LogP contribution in [0.4, 0.5) is 5.69 Å². The molecule has 0 amide bonds. The summed E-state index contributed by atoms with van der Waals surface area (Å²) in [4.78, 5) is 10.8. The Hall–Kier alpha value is -1.22. The van der Waals surface area contributed by atoms with Crippen LogP contribution in [-0.4, -0.2) is 17.1 Å². The first kappa shape index (κ1) is 14.8. The molecule has 1 aromatic rings. The van der Waals surface area contributed by atoms with Crippen molar-refractivity contribution in [2.45, 2.75) is 39.7 Å². The van der Waals surface area contributed by atoms with Crippen molar-refractivity contribution in [2.24, 2.45) is 5.92 Å². The van der Waals surface area contributed by atoms with E-state index >= 15 is 0 Å². The van der Waals surface area contributed by atoms with E-state index in [2.05, 4.69) is 26.1 Å². The van der Waals surface area contributed by atoms with E-state index in [4.69, 9.17) is 16.7 Å². The zero-order valence-corrected chi connectivity index (χ0v) is 11.8. The third kappa shape index (κ3) is 4.57. The van der Waals surface area contributed by atoms with E-state index in [0.29, 0.717) is 17.0 Å². The van der Waals surface area contributed by atoms with Crippen LogP contribution in [0.2, 0.25) is 5.02 Å². The summed E-state index contributed by atoms with van der Waals surface area (Å²) < 4.78 is 0. The summed E-state index contributed by atoms with van der Waals surface area (Å²) in [6, 6.07) is 5.07. The molecule has 0 heterocycles. The number of hydrogen-bond donors (Lipinski definition) is 2. The average molecular weight is 270 g/mol. The van der Waals surface area contributed by atoms with E-state index in [-0.39, 0.29) is 5.56 Å². The lowest BCUT2D eigenvalue weighted by Crippen LogP contribution is -2.16. The monoisotopic (exact) mass is 269 g/mol. The van der Waals surface area contributed by atoms with E-state index < -0.39 is 5.97 Å². The standard InChI is InChI=1S/C14H20ClNO2/c1-9(2)4-5-10(3)16-13-7-6-11(14(17)18)8-12(13)15/h6-10,16H,4-5H2,1-3H3,(H,17,18). The number of aromatic carboxylic acids is 1. The summed E-state index contributed by atoms with van der Waals surface area (Å²) in [6.07, 6.45) is 2.22. The molecule has 0 radical (unpaired) electrons. The molecule has 0 aliphatic rings. The highest BCUT2D eigenvalue weighted by Crippen LogP contribution is 2.24. The van der Waals surface area contributed by atoms with Crippen molar-refractivity contribution < 1.29 is 9.90 Å². The first-order valence-electron chi connectivity index (χ1n) is 6.19. The lowest BCUT2D eigenvalue weighted by Gasteiger charge is -2.17. The van der Waals surface area contributed by atoms with Crippen molar-refractivity contribution in [3.8, 4) is 0 Å². The molecule has 4 heteroatoms. The molecule has 0 bridgehead atoms. The zero-order valence-electron chi connectivity index (χ0n) is 11.0. The van der Waals surface area contributed by atoms with Gasteiger partial charge >= 0.3 is 5.97 Å². The van der Waals surface area contributed by atoms with E-state index in [1.807, 2.05) is 0 Å². The number of halogens is 1. The highest BCUT2D eigenvalue weighted by atomic mass is 35.5. The Bertz CT molecular complexity index is 418. The maximum absolute atomic E-state index is 10.8. The second kappa shape index (κ2) is 6.64. The Morgan fingerprint density at radius 1 is 1.33 bits per heavy atom. The van der Waals surface area contributed by atoms with Gasteiger partial charge in [0.2, 0.25) is 0 Å². The van der Waals surface area contributed by atoms with Crippen LogP contribution in [0.25, 0.3) is 0 Å². The van der Waals surface area contributed by atoms with Crippen LogP contribution >= 0.6 is 11.6 Å². The lowest BCUT2D eigenvalue weighted by atomic mass is 10.0. The van der Waals surface area contributed by atoms with E-state index in [0.717, 1.165) is 18.5 Å². The van der Waals surface area contributed by atoms with E-state index in [1.54, 1.807) is 12.1 Å². The van der Waals surface area contributed by atoms with Crippen molar-refractivity contribution in [1.82, 2.24) is 0 Å². The highest BCUT2D eigenvalue weighted by molar-refractivity contribution is 6.33. The van der Waals surface area contributed by atoms with Crippen LogP contribution in [0.3, 0.4) is 0 Å². The Kier molecular flexibility index (Phi) is 5.48. The van der Waals surface area contributed by atoms with Crippen LogP contribution in [0.5, 0.6) is 0 Å². The fourth-order valence-electron chi connectivity index (χ4n) is 1.69. The number of carboxylic acids is 1. The van der Waals surface area contributed by atoms with Crippen LogP contribution in [0.1, 0.15) is 44.0 Å². The third-order valence-electron chi connectivity index (χ3n) is 2.79. The largest absolute Gasteiger partial charge is 0.478 e. The quantitative estimate of drug-likeness (QED) is 0.811. The molecule has 1 unspecified atom stereocenters. The number of benzene rings is 1. The molecule has 1 rings (SSSR count). The first-order chi connectivity index (χ1) is 8.40. The maximum Gasteiger partial charge on any atom is 0.335 e. The Balaban J connectivity index is 2.64. The number of hydrogen-bond acceptors (Lipinski definition) is 2. The van der Waals surface area contributed by atoms with Crippen molar-refractivity contribution in [3.05, 3.63) is 28.8 Å². The second-order valence-electron chi connectivity index (χ2n) is 5.02. The minimum Gasteiger partial charge on any atom is -0.478 e. The molecule has 2 N–H and O–H groups in total. The van der Waals surface area contributed by atoms with Gasteiger partial charge in [0.1, 0.15) is 0 Å². The molecular weight excluding hydrogens is 250 g/mol. The molecular formula is C14H20ClNO2. The van der Waals surface area contributed by atoms with Crippen molar-refractivity contribution in [3.63, 3.8) is 0 Å². The highest BCUT2D eigenvalue weighted by Gasteiger charge is 2.09. The smallest absolute Gasteiger partial charge is 0.335 e. The molecule has 0 fully saturated rings. The lowest BCUT2D eigenvalue weighted by molar-refractivity contribution is 0.0697. The summed E-state index contributed by atoms with van der Waals surface area (Å²) in [5.41, 5.74) is 0.998. The van der Waals surface area contributed by atoms with Gasteiger partial charge in [-0.25, -0.2) is 4.79 Å². The minimum absolute atomic E-state index is 0.209. The molecule has 0 aliphatic carbocycles. The molecule has 0 saturated heterocycles. The number of rotatable bonds is 6. The molecule has 0 aromatic heterocycles. The molecule has 1 atom stereocenters. The predicted octanol–water partition coefficient (Wildman–Crippen LogP) is 4.27. The molecule has 1 aromatic carbocycles. The maximum atomic E-state index is 10.8. The first-order valence-corrected chi connectivity index (χ1v) is 6.57. The Morgan fingerprint density at radius 3 is 2.50 bits per heavy atom. The van der Waals surface area contributed by atoms with Crippen molar-refractivity contribution in [2.75, 3.05) is 5.32 Å². The predicted molar refractivity (Wildman–Crippen MR) is 75.6 cm³/mol. The molecule has 0 spiro atoms. The second-order valence-corrected chi connectivity index (χ2v) is 5.42. The van der Waals surface area contributed by atoms with Gasteiger partial charge in [-0.2, -0.15) is 0 Å². The van der Waals surface area contributed by atoms with E-state index in [9.17, 15) is 4.79 Å². The zero-order chi connectivity index (χ0) is 13.7. The van der Waals surface area contributed by atoms with Gasteiger partial charge in [0.25, 0.3) is 0 Å². The molecule has 100 valence electrons. The Labute approximate surface area is 113 Å². The molecule has 3 nitrogen and oxygen atoms in total. The number of anilines is 1. The average Bonchev–Trinajstić information content (AvgIpc) is 2.29. The van der Waals surface area contributed by atoms with Crippen LogP contribution in [-0.2, 0) is 0 Å². The summed E-state index contributed by atoms with van der Waals surface area (Å²) in [5, 5.41) is 12.6. The number of nitrogens with one attached hydrogen (secondary N) is 1. The van der Waals surface area contributed by atoms with E-state index in [1.165, 1.54) is 6.07 Å². The van der Waals surface area contributed by atoms with Gasteiger partial charge in [-0.15, -0.1) is 0 Å². The Morgan fingerprint density at radius 2 is 2.00 bits per heavy atom.